The number of hydrogen-bond donors (Lipinski definition) is 1. The first-order valence-electron chi connectivity index (χ1n) is 7.07. The highest BCUT2D eigenvalue weighted by Gasteiger charge is 2.40. The summed E-state index contributed by atoms with van der Waals surface area (Å²) < 4.78 is 0. The second-order valence-electron chi connectivity index (χ2n) is 7.19. The van der Waals surface area contributed by atoms with E-state index in [1.54, 1.807) is 6.07 Å². The van der Waals surface area contributed by atoms with Crippen LogP contribution in [0.1, 0.15) is 26.3 Å². The Balaban J connectivity index is 2.31. The van der Waals surface area contributed by atoms with Crippen LogP contribution in [0.3, 0.4) is 0 Å². The Morgan fingerprint density at radius 1 is 1.10 bits per heavy atom. The topological polar surface area (TPSA) is 33.1 Å². The molecular weight excluding hydrogens is 262 g/mol. The van der Waals surface area contributed by atoms with Crippen LogP contribution >= 0.6 is 0 Å². The number of pyridine rings is 1. The first-order chi connectivity index (χ1) is 9.23. The molecule has 1 aliphatic heterocycles. The average molecular weight is 283 g/mol. The highest BCUT2D eigenvalue weighted by Crippen LogP contribution is 2.34. The molecule has 0 spiro atoms. The van der Waals surface area contributed by atoms with Crippen LogP contribution < -0.4 is 10.4 Å². The van der Waals surface area contributed by atoms with E-state index in [0.717, 1.165) is 11.3 Å². The quantitative estimate of drug-likeness (QED) is 0.754. The van der Waals surface area contributed by atoms with Gasteiger partial charge < -0.3 is 5.11 Å². The molecule has 1 aromatic heterocycles. The molecule has 20 heavy (non-hydrogen) atoms. The Morgan fingerprint density at radius 3 is 2.45 bits per heavy atom. The van der Waals surface area contributed by atoms with E-state index >= 15 is 0 Å². The van der Waals surface area contributed by atoms with Crippen LogP contribution in [0.5, 0.6) is 5.75 Å². The summed E-state index contributed by atoms with van der Waals surface area (Å²) in [5.74, 6) is 0.359. The highest BCUT2D eigenvalue weighted by atomic mass is 28.3. The summed E-state index contributed by atoms with van der Waals surface area (Å²) >= 11 is 0. The smallest absolute Gasteiger partial charge is 0.124 e. The monoisotopic (exact) mass is 283 g/mol. The number of hydrogen-bond acceptors (Lipinski definition) is 2. The standard InChI is InChI=1S/C17H21NOSi/c1-17(2,3)11-9-14-16(18-10-11)15-12(19)7-6-8-13(15)20(14,4)5/h6-10,19H,1-5H3. The zero-order valence-corrected chi connectivity index (χ0v) is 13.8. The molecule has 0 unspecified atom stereocenters. The summed E-state index contributed by atoms with van der Waals surface area (Å²) in [7, 11) is -1.75. The Morgan fingerprint density at radius 2 is 1.80 bits per heavy atom. The molecular formula is C17H21NOSi. The molecule has 2 nitrogen and oxygen atoms in total. The second kappa shape index (κ2) is 3.95. The fraction of sp³-hybridized carbons (Fsp3) is 0.353. The number of rotatable bonds is 0. The van der Waals surface area contributed by atoms with Gasteiger partial charge in [0.25, 0.3) is 0 Å². The number of benzene rings is 1. The normalized spacial score (nSPS) is 15.8. The molecule has 0 fully saturated rings. The molecule has 0 saturated heterocycles. The lowest BCUT2D eigenvalue weighted by molar-refractivity contribution is 0.477. The van der Waals surface area contributed by atoms with Crippen LogP contribution in [0, 0.1) is 0 Å². The molecule has 0 amide bonds. The van der Waals surface area contributed by atoms with Crippen molar-refractivity contribution in [1.29, 1.82) is 0 Å². The Kier molecular flexibility index (Phi) is 2.64. The number of aromatic nitrogens is 1. The summed E-state index contributed by atoms with van der Waals surface area (Å²) in [6.07, 6.45) is 1.96. The molecule has 1 N–H and O–H groups in total. The van der Waals surface area contributed by atoms with Crippen molar-refractivity contribution < 1.29 is 5.11 Å². The largest absolute Gasteiger partial charge is 0.507 e. The van der Waals surface area contributed by atoms with Crippen LogP contribution in [0.15, 0.2) is 30.5 Å². The van der Waals surface area contributed by atoms with Gasteiger partial charge in [-0.05, 0) is 27.4 Å². The van der Waals surface area contributed by atoms with E-state index in [1.165, 1.54) is 15.9 Å². The summed E-state index contributed by atoms with van der Waals surface area (Å²) in [4.78, 5) is 4.70. The third-order valence-electron chi connectivity index (χ3n) is 4.38. The van der Waals surface area contributed by atoms with E-state index < -0.39 is 8.07 Å². The van der Waals surface area contributed by atoms with Gasteiger partial charge in [-0.1, -0.05) is 52.1 Å². The maximum Gasteiger partial charge on any atom is 0.124 e. The molecule has 2 heterocycles. The number of aromatic hydroxyl groups is 1. The predicted octanol–water partition coefficient (Wildman–Crippen LogP) is 2.89. The Bertz CT molecular complexity index is 699. The van der Waals surface area contributed by atoms with Crippen LogP contribution in [0.2, 0.25) is 13.1 Å². The van der Waals surface area contributed by atoms with Gasteiger partial charge in [0, 0.05) is 11.8 Å². The van der Waals surface area contributed by atoms with Crippen molar-refractivity contribution >= 4 is 18.4 Å². The molecule has 0 atom stereocenters. The van der Waals surface area contributed by atoms with E-state index in [1.807, 2.05) is 12.3 Å². The van der Waals surface area contributed by atoms with Crippen molar-refractivity contribution in [2.24, 2.45) is 0 Å². The number of fused-ring (bicyclic) bond motifs is 3. The predicted molar refractivity (Wildman–Crippen MR) is 86.8 cm³/mol. The van der Waals surface area contributed by atoms with Gasteiger partial charge in [-0.3, -0.25) is 4.98 Å². The van der Waals surface area contributed by atoms with E-state index in [9.17, 15) is 5.11 Å². The van der Waals surface area contributed by atoms with E-state index in [-0.39, 0.29) is 5.41 Å². The minimum Gasteiger partial charge on any atom is -0.507 e. The molecule has 0 radical (unpaired) electrons. The molecule has 1 aliphatic rings. The van der Waals surface area contributed by atoms with Crippen molar-refractivity contribution in [1.82, 2.24) is 4.98 Å². The molecule has 0 bridgehead atoms. The summed E-state index contributed by atoms with van der Waals surface area (Å²) in [5.41, 5.74) is 3.31. The summed E-state index contributed by atoms with van der Waals surface area (Å²) in [6, 6.07) is 8.17. The lowest BCUT2D eigenvalue weighted by Gasteiger charge is -2.23. The van der Waals surface area contributed by atoms with Gasteiger partial charge in [-0.2, -0.15) is 0 Å². The molecule has 3 heteroatoms. The van der Waals surface area contributed by atoms with Crippen molar-refractivity contribution in [2.75, 3.05) is 0 Å². The lowest BCUT2D eigenvalue weighted by Crippen LogP contribution is -2.49. The fourth-order valence-corrected chi connectivity index (χ4v) is 5.98. The maximum atomic E-state index is 10.2. The van der Waals surface area contributed by atoms with Crippen LogP contribution in [0.25, 0.3) is 11.3 Å². The van der Waals surface area contributed by atoms with Gasteiger partial charge in [0.2, 0.25) is 0 Å². The zero-order chi connectivity index (χ0) is 14.7. The Hall–Kier alpha value is -1.61. The third-order valence-corrected chi connectivity index (χ3v) is 7.87. The van der Waals surface area contributed by atoms with Crippen molar-refractivity contribution in [3.8, 4) is 17.0 Å². The molecule has 0 aliphatic carbocycles. The van der Waals surface area contributed by atoms with Crippen LogP contribution in [0.4, 0.5) is 0 Å². The summed E-state index contributed by atoms with van der Waals surface area (Å²) in [6.45, 7) is 11.3. The van der Waals surface area contributed by atoms with Gasteiger partial charge in [0.1, 0.15) is 13.8 Å². The van der Waals surface area contributed by atoms with Gasteiger partial charge in [0.05, 0.1) is 5.69 Å². The first-order valence-corrected chi connectivity index (χ1v) is 10.1. The number of phenols is 1. The minimum atomic E-state index is -1.75. The van der Waals surface area contributed by atoms with Crippen LogP contribution in [-0.4, -0.2) is 18.2 Å². The first kappa shape index (κ1) is 13.4. The summed E-state index contributed by atoms with van der Waals surface area (Å²) in [5, 5.41) is 12.9. The average Bonchev–Trinajstić information content (AvgIpc) is 2.59. The molecule has 104 valence electrons. The van der Waals surface area contributed by atoms with Crippen LogP contribution in [-0.2, 0) is 5.41 Å². The van der Waals surface area contributed by atoms with Gasteiger partial charge >= 0.3 is 0 Å². The molecule has 0 saturated carbocycles. The van der Waals surface area contributed by atoms with Crippen molar-refractivity contribution in [3.05, 3.63) is 36.0 Å². The minimum absolute atomic E-state index is 0.101. The van der Waals surface area contributed by atoms with Gasteiger partial charge in [0.15, 0.2) is 0 Å². The van der Waals surface area contributed by atoms with E-state index in [0.29, 0.717) is 5.75 Å². The Labute approximate surface area is 121 Å². The van der Waals surface area contributed by atoms with Gasteiger partial charge in [-0.15, -0.1) is 0 Å². The van der Waals surface area contributed by atoms with Crippen molar-refractivity contribution in [3.63, 3.8) is 0 Å². The van der Waals surface area contributed by atoms with E-state index in [2.05, 4.69) is 46.0 Å². The van der Waals surface area contributed by atoms with Crippen molar-refractivity contribution in [2.45, 2.75) is 39.3 Å². The number of phenolic OH excluding ortho intramolecular Hbond substituents is 1. The molecule has 3 rings (SSSR count). The fourth-order valence-electron chi connectivity index (χ4n) is 3.01. The van der Waals surface area contributed by atoms with Gasteiger partial charge in [-0.25, -0.2) is 0 Å². The SMILES string of the molecule is CC(C)(C)c1cnc2c(c1)[Si](C)(C)c1cccc(O)c1-2. The zero-order valence-electron chi connectivity index (χ0n) is 12.8. The molecule has 1 aromatic carbocycles. The second-order valence-corrected chi connectivity index (χ2v) is 11.5. The number of nitrogens with zero attached hydrogens (tertiary/aromatic N) is 1. The highest BCUT2D eigenvalue weighted by molar-refractivity contribution is 7.03. The maximum absolute atomic E-state index is 10.2. The third kappa shape index (κ3) is 1.73. The lowest BCUT2D eigenvalue weighted by atomic mass is 9.88. The van der Waals surface area contributed by atoms with E-state index in [4.69, 9.17) is 4.98 Å². The molecule has 2 aromatic rings.